The van der Waals surface area contributed by atoms with Crippen LogP contribution in [0.15, 0.2) is 53.8 Å². The first kappa shape index (κ1) is 18.0. The van der Waals surface area contributed by atoms with Gasteiger partial charge in [0.2, 0.25) is 0 Å². The number of allylic oxidation sites excluding steroid dienone is 3. The number of hydrogen-bond acceptors (Lipinski definition) is 4. The minimum absolute atomic E-state index is 0.0663. The third kappa shape index (κ3) is 5.08. The molecule has 1 aromatic carbocycles. The Morgan fingerprint density at radius 1 is 1.25 bits per heavy atom. The number of carbonyl (C=O) groups excluding carboxylic acids is 2. The van der Waals surface area contributed by atoms with Crippen LogP contribution < -0.4 is 0 Å². The predicted octanol–water partition coefficient (Wildman–Crippen LogP) is 3.63. The van der Waals surface area contributed by atoms with Crippen molar-refractivity contribution in [2.75, 3.05) is 6.54 Å². The van der Waals surface area contributed by atoms with Crippen LogP contribution in [0, 0.1) is 0 Å². The van der Waals surface area contributed by atoms with Gasteiger partial charge in [0.25, 0.3) is 0 Å². The second kappa shape index (κ2) is 7.47. The van der Waals surface area contributed by atoms with Crippen molar-refractivity contribution in [2.24, 2.45) is 0 Å². The van der Waals surface area contributed by atoms with Gasteiger partial charge in [0.1, 0.15) is 5.60 Å². The monoisotopic (exact) mass is 327 g/mol. The van der Waals surface area contributed by atoms with Gasteiger partial charge in [-0.05, 0) is 39.3 Å². The molecule has 0 saturated carbocycles. The minimum Gasteiger partial charge on any atom is -0.457 e. The van der Waals surface area contributed by atoms with E-state index in [0.29, 0.717) is 18.5 Å². The van der Waals surface area contributed by atoms with Crippen molar-refractivity contribution in [3.63, 3.8) is 0 Å². The fourth-order valence-corrected chi connectivity index (χ4v) is 2.61. The highest BCUT2D eigenvalue weighted by molar-refractivity contribution is 6.00. The van der Waals surface area contributed by atoms with Crippen molar-refractivity contribution in [1.82, 2.24) is 4.90 Å². The third-order valence-electron chi connectivity index (χ3n) is 3.78. The number of Topliss-reactive ketones (excluding diaryl/α,β-unsaturated/α-hetero) is 1. The molecule has 0 spiro atoms. The lowest BCUT2D eigenvalue weighted by atomic mass is 10.00. The lowest BCUT2D eigenvalue weighted by Gasteiger charge is -2.30. The zero-order chi connectivity index (χ0) is 17.7. The molecule has 0 atom stereocenters. The summed E-state index contributed by atoms with van der Waals surface area (Å²) in [7, 11) is 0. The summed E-state index contributed by atoms with van der Waals surface area (Å²) in [5.41, 5.74) is 2.14. The quantitative estimate of drug-likeness (QED) is 0.626. The first-order chi connectivity index (χ1) is 11.3. The SMILES string of the molecule is CC1=C(/C=C/C(=O)OC(C)(C)C)C(=O)CCN1Cc1ccccc1. The van der Waals surface area contributed by atoms with Gasteiger partial charge in [0, 0.05) is 36.9 Å². The molecule has 0 bridgehead atoms. The zero-order valence-electron chi connectivity index (χ0n) is 14.8. The van der Waals surface area contributed by atoms with E-state index in [2.05, 4.69) is 17.0 Å². The molecule has 128 valence electrons. The standard InChI is InChI=1S/C20H25NO3/c1-15-17(10-11-19(23)24-20(2,3)4)18(22)12-13-21(15)14-16-8-6-5-7-9-16/h5-11H,12-14H2,1-4H3/b11-10+. The smallest absolute Gasteiger partial charge is 0.331 e. The number of rotatable bonds is 4. The average Bonchev–Trinajstić information content (AvgIpc) is 2.49. The molecule has 0 N–H and O–H groups in total. The van der Waals surface area contributed by atoms with Crippen molar-refractivity contribution < 1.29 is 14.3 Å². The largest absolute Gasteiger partial charge is 0.457 e. The molecule has 1 aliphatic rings. The van der Waals surface area contributed by atoms with E-state index in [1.807, 2.05) is 45.9 Å². The maximum Gasteiger partial charge on any atom is 0.331 e. The summed E-state index contributed by atoms with van der Waals surface area (Å²) in [4.78, 5) is 26.2. The second-order valence-corrected chi connectivity index (χ2v) is 6.95. The Hall–Kier alpha value is -2.36. The van der Waals surface area contributed by atoms with E-state index >= 15 is 0 Å². The number of nitrogens with zero attached hydrogens (tertiary/aromatic N) is 1. The van der Waals surface area contributed by atoms with E-state index < -0.39 is 11.6 Å². The van der Waals surface area contributed by atoms with E-state index in [-0.39, 0.29) is 5.78 Å². The Labute approximate surface area is 143 Å². The van der Waals surface area contributed by atoms with Crippen LogP contribution in [0.3, 0.4) is 0 Å². The molecule has 0 fully saturated rings. The minimum atomic E-state index is -0.541. The molecule has 2 rings (SSSR count). The van der Waals surface area contributed by atoms with E-state index in [4.69, 9.17) is 4.74 Å². The Balaban J connectivity index is 2.15. The zero-order valence-corrected chi connectivity index (χ0v) is 14.8. The van der Waals surface area contributed by atoms with Crippen LogP contribution >= 0.6 is 0 Å². The highest BCUT2D eigenvalue weighted by Crippen LogP contribution is 2.22. The summed E-state index contributed by atoms with van der Waals surface area (Å²) in [5.74, 6) is -0.368. The summed E-state index contributed by atoms with van der Waals surface area (Å²) in [5, 5.41) is 0. The molecule has 0 radical (unpaired) electrons. The highest BCUT2D eigenvalue weighted by Gasteiger charge is 2.22. The van der Waals surface area contributed by atoms with Crippen LogP contribution in [0.4, 0.5) is 0 Å². The Kier molecular flexibility index (Phi) is 5.60. The Morgan fingerprint density at radius 3 is 2.54 bits per heavy atom. The van der Waals surface area contributed by atoms with E-state index in [1.165, 1.54) is 11.6 Å². The average molecular weight is 327 g/mol. The molecule has 1 aliphatic heterocycles. The van der Waals surface area contributed by atoms with Gasteiger partial charge in [-0.3, -0.25) is 4.79 Å². The number of carbonyl (C=O) groups is 2. The fourth-order valence-electron chi connectivity index (χ4n) is 2.61. The first-order valence-electron chi connectivity index (χ1n) is 8.20. The van der Waals surface area contributed by atoms with Crippen molar-refractivity contribution in [2.45, 2.75) is 46.3 Å². The molecule has 4 heteroatoms. The molecule has 0 saturated heterocycles. The molecule has 0 amide bonds. The van der Waals surface area contributed by atoms with Gasteiger partial charge in [-0.1, -0.05) is 30.3 Å². The van der Waals surface area contributed by atoms with Crippen molar-refractivity contribution in [3.05, 3.63) is 59.3 Å². The topological polar surface area (TPSA) is 46.6 Å². The maximum absolute atomic E-state index is 12.2. The summed E-state index contributed by atoms with van der Waals surface area (Å²) >= 11 is 0. The van der Waals surface area contributed by atoms with Gasteiger partial charge in [-0.2, -0.15) is 0 Å². The lowest BCUT2D eigenvalue weighted by molar-refractivity contribution is -0.148. The molecule has 24 heavy (non-hydrogen) atoms. The van der Waals surface area contributed by atoms with Gasteiger partial charge in [0.05, 0.1) is 0 Å². The van der Waals surface area contributed by atoms with Crippen LogP contribution in [0.25, 0.3) is 0 Å². The molecule has 1 aromatic rings. The van der Waals surface area contributed by atoms with Gasteiger partial charge in [0.15, 0.2) is 5.78 Å². The summed E-state index contributed by atoms with van der Waals surface area (Å²) in [6, 6.07) is 10.1. The molecular formula is C20H25NO3. The lowest BCUT2D eigenvalue weighted by Crippen LogP contribution is -2.31. The van der Waals surface area contributed by atoms with Crippen LogP contribution in [-0.2, 0) is 20.9 Å². The van der Waals surface area contributed by atoms with Crippen molar-refractivity contribution in [3.8, 4) is 0 Å². The fraction of sp³-hybridized carbons (Fsp3) is 0.400. The predicted molar refractivity (Wildman–Crippen MR) is 94.2 cm³/mol. The van der Waals surface area contributed by atoms with E-state index in [1.54, 1.807) is 6.08 Å². The van der Waals surface area contributed by atoms with Gasteiger partial charge >= 0.3 is 5.97 Å². The molecule has 0 unspecified atom stereocenters. The molecule has 0 aromatic heterocycles. The number of esters is 1. The van der Waals surface area contributed by atoms with Gasteiger partial charge in [-0.25, -0.2) is 4.79 Å². The normalized spacial score (nSPS) is 16.0. The molecular weight excluding hydrogens is 302 g/mol. The van der Waals surface area contributed by atoms with E-state index in [0.717, 1.165) is 12.2 Å². The number of ketones is 1. The summed E-state index contributed by atoms with van der Waals surface area (Å²) < 4.78 is 5.25. The van der Waals surface area contributed by atoms with E-state index in [9.17, 15) is 9.59 Å². The Bertz CT molecular complexity index is 666. The first-order valence-corrected chi connectivity index (χ1v) is 8.20. The van der Waals surface area contributed by atoms with Crippen molar-refractivity contribution >= 4 is 11.8 Å². The summed E-state index contributed by atoms with van der Waals surface area (Å²) in [6.07, 6.45) is 3.38. The highest BCUT2D eigenvalue weighted by atomic mass is 16.6. The number of ether oxygens (including phenoxy) is 1. The van der Waals surface area contributed by atoms with Crippen LogP contribution in [0.2, 0.25) is 0 Å². The van der Waals surface area contributed by atoms with Crippen LogP contribution in [0.1, 0.15) is 39.7 Å². The maximum atomic E-state index is 12.2. The third-order valence-corrected chi connectivity index (χ3v) is 3.78. The second-order valence-electron chi connectivity index (χ2n) is 6.95. The van der Waals surface area contributed by atoms with Crippen LogP contribution in [0.5, 0.6) is 0 Å². The van der Waals surface area contributed by atoms with Gasteiger partial charge < -0.3 is 9.64 Å². The number of benzene rings is 1. The summed E-state index contributed by atoms with van der Waals surface area (Å²) in [6.45, 7) is 8.83. The number of hydrogen-bond donors (Lipinski definition) is 0. The van der Waals surface area contributed by atoms with Gasteiger partial charge in [-0.15, -0.1) is 0 Å². The van der Waals surface area contributed by atoms with Crippen molar-refractivity contribution in [1.29, 1.82) is 0 Å². The molecule has 1 heterocycles. The Morgan fingerprint density at radius 2 is 1.92 bits per heavy atom. The van der Waals surface area contributed by atoms with Crippen LogP contribution in [-0.4, -0.2) is 28.8 Å². The molecule has 0 aliphatic carbocycles. The molecule has 4 nitrogen and oxygen atoms in total.